The summed E-state index contributed by atoms with van der Waals surface area (Å²) in [4.78, 5) is 37.7. The summed E-state index contributed by atoms with van der Waals surface area (Å²) in [6, 6.07) is 3.29. The quantitative estimate of drug-likeness (QED) is 0.578. The van der Waals surface area contributed by atoms with Gasteiger partial charge in [-0.2, -0.15) is 0 Å². The third-order valence-corrected chi connectivity index (χ3v) is 4.49. The second-order valence-electron chi connectivity index (χ2n) is 5.28. The minimum atomic E-state index is -1.03. The summed E-state index contributed by atoms with van der Waals surface area (Å²) >= 11 is 1.38. The van der Waals surface area contributed by atoms with Gasteiger partial charge in [0.25, 0.3) is 5.56 Å². The molecule has 0 aliphatic heterocycles. The van der Waals surface area contributed by atoms with Crippen molar-refractivity contribution in [3.8, 4) is 0 Å². The standard InChI is InChI=1S/C15H15N5O3S/c16-15-19-12(21)11-13(20-15)24-10(18-11)4-2-1-3-8-5-6-9(14(22)23)17-7-8/h5-7H,1-4H2,(H,22,23)(H3,16,19,20,21). The number of aromatic amines is 1. The molecule has 24 heavy (non-hydrogen) atoms. The molecule has 3 aromatic rings. The lowest BCUT2D eigenvalue weighted by Crippen LogP contribution is -2.10. The molecule has 0 unspecified atom stereocenters. The van der Waals surface area contributed by atoms with Gasteiger partial charge in [-0.15, -0.1) is 0 Å². The number of pyridine rings is 1. The Kier molecular flexibility index (Phi) is 4.52. The van der Waals surface area contributed by atoms with Gasteiger partial charge in [0.15, 0.2) is 10.3 Å². The average molecular weight is 345 g/mol. The first kappa shape index (κ1) is 16.1. The molecule has 9 heteroatoms. The number of aromatic carboxylic acids is 1. The molecule has 0 saturated carbocycles. The van der Waals surface area contributed by atoms with Crippen LogP contribution in [0.2, 0.25) is 0 Å². The summed E-state index contributed by atoms with van der Waals surface area (Å²) in [7, 11) is 0. The number of anilines is 1. The number of carbonyl (C=O) groups is 1. The van der Waals surface area contributed by atoms with E-state index in [9.17, 15) is 9.59 Å². The van der Waals surface area contributed by atoms with E-state index in [0.29, 0.717) is 10.3 Å². The number of hydrogen-bond donors (Lipinski definition) is 3. The Morgan fingerprint density at radius 3 is 2.75 bits per heavy atom. The fraction of sp³-hybridized carbons (Fsp3) is 0.267. The Hall–Kier alpha value is -2.81. The first-order valence-electron chi connectivity index (χ1n) is 7.36. The molecular formula is C15H15N5O3S. The molecule has 3 rings (SSSR count). The van der Waals surface area contributed by atoms with Crippen LogP contribution in [-0.4, -0.2) is 31.0 Å². The van der Waals surface area contributed by atoms with Crippen LogP contribution in [0.5, 0.6) is 0 Å². The maximum atomic E-state index is 11.7. The highest BCUT2D eigenvalue weighted by Crippen LogP contribution is 2.19. The predicted octanol–water partition coefficient (Wildman–Crippen LogP) is 1.62. The average Bonchev–Trinajstić information content (AvgIpc) is 2.95. The number of H-pyrrole nitrogens is 1. The first-order chi connectivity index (χ1) is 11.5. The largest absolute Gasteiger partial charge is 0.477 e. The van der Waals surface area contributed by atoms with Crippen molar-refractivity contribution < 1.29 is 9.90 Å². The molecule has 0 aliphatic carbocycles. The second-order valence-corrected chi connectivity index (χ2v) is 6.34. The van der Waals surface area contributed by atoms with Gasteiger partial charge in [0.1, 0.15) is 5.69 Å². The third kappa shape index (κ3) is 3.57. The Bertz CT molecular complexity index is 932. The highest BCUT2D eigenvalue weighted by Gasteiger charge is 2.09. The molecule has 0 fully saturated rings. The molecule has 0 aliphatic rings. The van der Waals surface area contributed by atoms with Gasteiger partial charge >= 0.3 is 5.97 Å². The molecule has 4 N–H and O–H groups in total. The maximum Gasteiger partial charge on any atom is 0.354 e. The fourth-order valence-corrected chi connectivity index (χ4v) is 3.29. The lowest BCUT2D eigenvalue weighted by Gasteiger charge is -2.01. The minimum Gasteiger partial charge on any atom is -0.477 e. The lowest BCUT2D eigenvalue weighted by atomic mass is 10.1. The number of rotatable bonds is 6. The van der Waals surface area contributed by atoms with E-state index in [0.717, 1.165) is 36.3 Å². The molecule has 124 valence electrons. The van der Waals surface area contributed by atoms with Gasteiger partial charge in [0.05, 0.1) is 5.01 Å². The number of fused-ring (bicyclic) bond motifs is 1. The molecule has 0 spiro atoms. The van der Waals surface area contributed by atoms with Crippen molar-refractivity contribution in [2.45, 2.75) is 25.7 Å². The van der Waals surface area contributed by atoms with Gasteiger partial charge in [-0.25, -0.2) is 19.7 Å². The highest BCUT2D eigenvalue weighted by atomic mass is 32.1. The normalized spacial score (nSPS) is 11.0. The molecule has 0 radical (unpaired) electrons. The molecule has 0 aromatic carbocycles. The molecular weight excluding hydrogens is 330 g/mol. The van der Waals surface area contributed by atoms with Crippen molar-refractivity contribution in [3.63, 3.8) is 0 Å². The van der Waals surface area contributed by atoms with E-state index >= 15 is 0 Å². The zero-order chi connectivity index (χ0) is 17.1. The predicted molar refractivity (Wildman–Crippen MR) is 90.3 cm³/mol. The summed E-state index contributed by atoms with van der Waals surface area (Å²) < 4.78 is 0. The van der Waals surface area contributed by atoms with Crippen molar-refractivity contribution in [2.24, 2.45) is 0 Å². The van der Waals surface area contributed by atoms with E-state index in [1.807, 2.05) is 0 Å². The Labute approximate surface area is 140 Å². The topological polar surface area (TPSA) is 135 Å². The van der Waals surface area contributed by atoms with E-state index in [1.54, 1.807) is 12.3 Å². The van der Waals surface area contributed by atoms with Gasteiger partial charge in [-0.1, -0.05) is 17.4 Å². The number of aromatic nitrogens is 4. The van der Waals surface area contributed by atoms with Gasteiger partial charge < -0.3 is 10.8 Å². The number of aryl methyl sites for hydroxylation is 2. The summed E-state index contributed by atoms with van der Waals surface area (Å²) in [6.07, 6.45) is 4.96. The van der Waals surface area contributed by atoms with Crippen LogP contribution < -0.4 is 11.3 Å². The van der Waals surface area contributed by atoms with Gasteiger partial charge in [0.2, 0.25) is 5.95 Å². The van der Waals surface area contributed by atoms with Crippen LogP contribution in [0.3, 0.4) is 0 Å². The summed E-state index contributed by atoms with van der Waals surface area (Å²) in [5, 5.41) is 9.66. The smallest absolute Gasteiger partial charge is 0.354 e. The van der Waals surface area contributed by atoms with Gasteiger partial charge in [-0.05, 0) is 37.3 Å². The third-order valence-electron chi connectivity index (χ3n) is 3.48. The highest BCUT2D eigenvalue weighted by molar-refractivity contribution is 7.18. The van der Waals surface area contributed by atoms with Crippen molar-refractivity contribution in [2.75, 3.05) is 5.73 Å². The zero-order valence-electron chi connectivity index (χ0n) is 12.7. The van der Waals surface area contributed by atoms with Crippen molar-refractivity contribution in [1.82, 2.24) is 19.9 Å². The SMILES string of the molecule is Nc1nc2sc(CCCCc3ccc(C(=O)O)nc3)nc2c(=O)[nH]1. The number of thiazole rings is 1. The van der Waals surface area contributed by atoms with Crippen LogP contribution in [0, 0.1) is 0 Å². The zero-order valence-corrected chi connectivity index (χ0v) is 13.5. The van der Waals surface area contributed by atoms with E-state index in [2.05, 4.69) is 19.9 Å². The summed E-state index contributed by atoms with van der Waals surface area (Å²) in [6.45, 7) is 0. The van der Waals surface area contributed by atoms with Crippen molar-refractivity contribution in [1.29, 1.82) is 0 Å². The molecule has 3 heterocycles. The molecule has 0 amide bonds. The van der Waals surface area contributed by atoms with Crippen LogP contribution in [0.15, 0.2) is 23.1 Å². The number of nitrogens with one attached hydrogen (secondary N) is 1. The molecule has 0 saturated heterocycles. The second kappa shape index (κ2) is 6.75. The van der Waals surface area contributed by atoms with E-state index in [4.69, 9.17) is 10.8 Å². The fourth-order valence-electron chi connectivity index (χ4n) is 2.30. The molecule has 3 aromatic heterocycles. The summed E-state index contributed by atoms with van der Waals surface area (Å²) in [5.41, 5.74) is 6.58. The van der Waals surface area contributed by atoms with Crippen LogP contribution in [0.25, 0.3) is 10.3 Å². The maximum absolute atomic E-state index is 11.7. The molecule has 8 nitrogen and oxygen atoms in total. The molecule has 0 atom stereocenters. The Morgan fingerprint density at radius 2 is 2.04 bits per heavy atom. The van der Waals surface area contributed by atoms with Gasteiger partial charge in [-0.3, -0.25) is 9.78 Å². The monoisotopic (exact) mass is 345 g/mol. The van der Waals surface area contributed by atoms with Crippen molar-refractivity contribution in [3.05, 3.63) is 44.9 Å². The minimum absolute atomic E-state index is 0.0465. The van der Waals surface area contributed by atoms with Crippen LogP contribution in [0.4, 0.5) is 5.95 Å². The van der Waals surface area contributed by atoms with Crippen LogP contribution >= 0.6 is 11.3 Å². The number of nitrogens with two attached hydrogens (primary N) is 1. The number of carboxylic acids is 1. The Morgan fingerprint density at radius 1 is 1.25 bits per heavy atom. The van der Waals surface area contributed by atoms with Crippen LogP contribution in [0.1, 0.15) is 33.9 Å². The van der Waals surface area contributed by atoms with Crippen molar-refractivity contribution >= 4 is 33.6 Å². The summed E-state index contributed by atoms with van der Waals surface area (Å²) in [5.74, 6) is -0.929. The first-order valence-corrected chi connectivity index (χ1v) is 8.18. The number of nitrogens with zero attached hydrogens (tertiary/aromatic N) is 3. The van der Waals surface area contributed by atoms with Gasteiger partial charge in [0, 0.05) is 6.20 Å². The van der Waals surface area contributed by atoms with E-state index in [1.165, 1.54) is 17.4 Å². The number of hydrogen-bond acceptors (Lipinski definition) is 7. The number of unbranched alkanes of at least 4 members (excludes halogenated alkanes) is 1. The van der Waals surface area contributed by atoms with Crippen LogP contribution in [-0.2, 0) is 12.8 Å². The number of carboxylic acid groups (broad SMARTS) is 1. The molecule has 0 bridgehead atoms. The number of nitrogen functional groups attached to an aromatic ring is 1. The van der Waals surface area contributed by atoms with E-state index < -0.39 is 5.97 Å². The Balaban J connectivity index is 1.56. The van der Waals surface area contributed by atoms with E-state index in [-0.39, 0.29) is 17.2 Å². The lowest BCUT2D eigenvalue weighted by molar-refractivity contribution is 0.0690.